The van der Waals surface area contributed by atoms with Crippen molar-refractivity contribution in [2.75, 3.05) is 13.2 Å². The van der Waals surface area contributed by atoms with E-state index in [1.807, 2.05) is 18.4 Å². The zero-order chi connectivity index (χ0) is 18.1. The van der Waals surface area contributed by atoms with Crippen LogP contribution in [0.3, 0.4) is 0 Å². The van der Waals surface area contributed by atoms with Crippen LogP contribution in [-0.2, 0) is 22.6 Å². The maximum atomic E-state index is 12.0. The molecule has 0 aliphatic carbocycles. The van der Waals surface area contributed by atoms with Gasteiger partial charge in [0.2, 0.25) is 5.91 Å². The van der Waals surface area contributed by atoms with Crippen molar-refractivity contribution in [3.05, 3.63) is 17.7 Å². The highest BCUT2D eigenvalue weighted by atomic mass is 16.3. The molecular weight excluding hydrogens is 316 g/mol. The SMILES string of the molecule is CC(C)NC(=O)C1CCc2c(C(=O)NCCO)ncn2C1.O=CO. The third-order valence-corrected chi connectivity index (χ3v) is 3.51. The fraction of sp³-hybridized carbons (Fsp3) is 0.600. The number of fused-ring (bicyclic) bond motifs is 1. The number of aromatic nitrogens is 2. The minimum absolute atomic E-state index is 0.0515. The molecule has 0 aromatic carbocycles. The van der Waals surface area contributed by atoms with Crippen molar-refractivity contribution >= 4 is 18.3 Å². The summed E-state index contributed by atoms with van der Waals surface area (Å²) in [6.45, 7) is 4.29. The monoisotopic (exact) mass is 340 g/mol. The Morgan fingerprint density at radius 3 is 2.75 bits per heavy atom. The minimum Gasteiger partial charge on any atom is -0.483 e. The summed E-state index contributed by atoms with van der Waals surface area (Å²) in [6, 6.07) is 0.126. The average Bonchev–Trinajstić information content (AvgIpc) is 2.95. The molecule has 1 atom stereocenters. The summed E-state index contributed by atoms with van der Waals surface area (Å²) in [4.78, 5) is 36.5. The molecule has 2 amide bonds. The highest BCUT2D eigenvalue weighted by Gasteiger charge is 2.28. The highest BCUT2D eigenvalue weighted by molar-refractivity contribution is 5.93. The first kappa shape index (κ1) is 19.6. The van der Waals surface area contributed by atoms with E-state index in [1.165, 1.54) is 0 Å². The Morgan fingerprint density at radius 2 is 2.17 bits per heavy atom. The van der Waals surface area contributed by atoms with Crippen LogP contribution >= 0.6 is 0 Å². The Kier molecular flexibility index (Phi) is 7.90. The maximum absolute atomic E-state index is 12.0. The van der Waals surface area contributed by atoms with Crippen molar-refractivity contribution in [3.8, 4) is 0 Å². The van der Waals surface area contributed by atoms with E-state index in [0.717, 1.165) is 5.69 Å². The predicted molar refractivity (Wildman–Crippen MR) is 85.4 cm³/mol. The maximum Gasteiger partial charge on any atom is 0.290 e. The van der Waals surface area contributed by atoms with E-state index in [9.17, 15) is 9.59 Å². The smallest absolute Gasteiger partial charge is 0.290 e. The van der Waals surface area contributed by atoms with Crippen molar-refractivity contribution < 1.29 is 24.6 Å². The number of rotatable bonds is 5. The molecule has 1 unspecified atom stereocenters. The molecule has 9 heteroatoms. The van der Waals surface area contributed by atoms with Gasteiger partial charge in [-0.25, -0.2) is 4.98 Å². The molecule has 1 aromatic heterocycles. The lowest BCUT2D eigenvalue weighted by molar-refractivity contribution is -0.126. The molecule has 2 heterocycles. The lowest BCUT2D eigenvalue weighted by atomic mass is 9.96. The predicted octanol–water partition coefficient (Wildman–Crippen LogP) is -0.607. The number of nitrogens with zero attached hydrogens (tertiary/aromatic N) is 2. The topological polar surface area (TPSA) is 134 Å². The molecule has 0 fully saturated rings. The van der Waals surface area contributed by atoms with Crippen LogP contribution in [0.4, 0.5) is 0 Å². The number of hydrogen-bond acceptors (Lipinski definition) is 5. The Hall–Kier alpha value is -2.42. The Bertz CT molecular complexity index is 570. The van der Waals surface area contributed by atoms with Crippen LogP contribution in [0.25, 0.3) is 0 Å². The second-order valence-corrected chi connectivity index (χ2v) is 5.68. The Labute approximate surface area is 140 Å². The summed E-state index contributed by atoms with van der Waals surface area (Å²) < 4.78 is 1.88. The standard InChI is InChI=1S/C14H22N4O3.CH2O2/c1-9(2)17-13(20)10-3-4-11-12(14(21)15-5-6-19)16-8-18(11)7-10;2-1-3/h8-10,19H,3-7H2,1-2H3,(H,15,21)(H,17,20);1H,(H,2,3). The van der Waals surface area contributed by atoms with Crippen LogP contribution in [0.5, 0.6) is 0 Å². The fourth-order valence-corrected chi connectivity index (χ4v) is 2.53. The first-order valence-corrected chi connectivity index (χ1v) is 7.75. The normalized spacial score (nSPS) is 15.8. The van der Waals surface area contributed by atoms with Gasteiger partial charge in [-0.15, -0.1) is 0 Å². The Balaban J connectivity index is 0.000000891. The summed E-state index contributed by atoms with van der Waals surface area (Å²) in [7, 11) is 0. The number of nitrogens with one attached hydrogen (secondary N) is 2. The van der Waals surface area contributed by atoms with Gasteiger partial charge in [-0.3, -0.25) is 14.4 Å². The van der Waals surface area contributed by atoms with Gasteiger partial charge >= 0.3 is 0 Å². The van der Waals surface area contributed by atoms with E-state index in [2.05, 4.69) is 15.6 Å². The number of aliphatic hydroxyl groups is 1. The van der Waals surface area contributed by atoms with Crippen molar-refractivity contribution in [2.24, 2.45) is 5.92 Å². The van der Waals surface area contributed by atoms with E-state index >= 15 is 0 Å². The lowest BCUT2D eigenvalue weighted by Gasteiger charge is -2.24. The lowest BCUT2D eigenvalue weighted by Crippen LogP contribution is -2.39. The van der Waals surface area contributed by atoms with Crippen LogP contribution in [-0.4, -0.2) is 57.2 Å². The summed E-state index contributed by atoms with van der Waals surface area (Å²) in [5, 5.41) is 21.1. The zero-order valence-electron chi connectivity index (χ0n) is 13.9. The van der Waals surface area contributed by atoms with Gasteiger partial charge < -0.3 is 25.4 Å². The van der Waals surface area contributed by atoms with Gasteiger partial charge in [0.1, 0.15) is 5.69 Å². The number of amides is 2. The van der Waals surface area contributed by atoms with Gasteiger partial charge in [0.15, 0.2) is 0 Å². The molecule has 0 spiro atoms. The number of aliphatic hydroxyl groups excluding tert-OH is 1. The average molecular weight is 340 g/mol. The largest absolute Gasteiger partial charge is 0.483 e. The molecule has 0 bridgehead atoms. The number of hydrogen-bond donors (Lipinski definition) is 4. The van der Waals surface area contributed by atoms with E-state index in [4.69, 9.17) is 15.0 Å². The zero-order valence-corrected chi connectivity index (χ0v) is 13.9. The van der Waals surface area contributed by atoms with Crippen molar-refractivity contribution in [1.29, 1.82) is 0 Å². The van der Waals surface area contributed by atoms with E-state index in [0.29, 0.717) is 25.1 Å². The van der Waals surface area contributed by atoms with E-state index in [-0.39, 0.29) is 43.4 Å². The van der Waals surface area contributed by atoms with Crippen LogP contribution in [0.2, 0.25) is 0 Å². The molecule has 9 nitrogen and oxygen atoms in total. The van der Waals surface area contributed by atoms with Gasteiger partial charge in [-0.05, 0) is 26.7 Å². The van der Waals surface area contributed by atoms with Crippen LogP contribution in [0.1, 0.15) is 36.5 Å². The molecule has 1 aliphatic heterocycles. The van der Waals surface area contributed by atoms with Gasteiger partial charge in [0, 0.05) is 19.1 Å². The number of carbonyl (C=O) groups excluding carboxylic acids is 2. The van der Waals surface area contributed by atoms with E-state index in [1.54, 1.807) is 6.33 Å². The number of carboxylic acid groups (broad SMARTS) is 1. The molecule has 1 aliphatic rings. The molecule has 24 heavy (non-hydrogen) atoms. The summed E-state index contributed by atoms with van der Waals surface area (Å²) in [6.07, 6.45) is 2.97. The third-order valence-electron chi connectivity index (χ3n) is 3.51. The molecule has 0 saturated carbocycles. The summed E-state index contributed by atoms with van der Waals surface area (Å²) in [5.41, 5.74) is 1.25. The highest BCUT2D eigenvalue weighted by Crippen LogP contribution is 2.22. The quantitative estimate of drug-likeness (QED) is 0.529. The molecule has 0 saturated heterocycles. The second-order valence-electron chi connectivity index (χ2n) is 5.68. The van der Waals surface area contributed by atoms with Crippen LogP contribution in [0, 0.1) is 5.92 Å². The Morgan fingerprint density at radius 1 is 1.50 bits per heavy atom. The molecule has 1 aromatic rings. The molecule has 2 rings (SSSR count). The van der Waals surface area contributed by atoms with Gasteiger partial charge in [-0.1, -0.05) is 0 Å². The van der Waals surface area contributed by atoms with Crippen molar-refractivity contribution in [2.45, 2.75) is 39.3 Å². The molecule has 0 radical (unpaired) electrons. The van der Waals surface area contributed by atoms with Gasteiger partial charge in [-0.2, -0.15) is 0 Å². The number of imidazole rings is 1. The first-order chi connectivity index (χ1) is 11.4. The first-order valence-electron chi connectivity index (χ1n) is 7.75. The van der Waals surface area contributed by atoms with Crippen molar-refractivity contribution in [3.63, 3.8) is 0 Å². The van der Waals surface area contributed by atoms with Gasteiger partial charge in [0.05, 0.1) is 24.5 Å². The van der Waals surface area contributed by atoms with E-state index < -0.39 is 0 Å². The molecule has 134 valence electrons. The van der Waals surface area contributed by atoms with Crippen LogP contribution in [0.15, 0.2) is 6.33 Å². The minimum atomic E-state index is -0.275. The summed E-state index contributed by atoms with van der Waals surface area (Å²) >= 11 is 0. The summed E-state index contributed by atoms with van der Waals surface area (Å²) in [5.74, 6) is -0.305. The molecule has 4 N–H and O–H groups in total. The number of carbonyl (C=O) groups is 3. The fourth-order valence-electron chi connectivity index (χ4n) is 2.53. The van der Waals surface area contributed by atoms with Crippen molar-refractivity contribution in [1.82, 2.24) is 20.2 Å². The third kappa shape index (κ3) is 5.34. The molecular formula is C15H24N4O5. The van der Waals surface area contributed by atoms with Gasteiger partial charge in [0.25, 0.3) is 12.4 Å². The second kappa shape index (κ2) is 9.66. The van der Waals surface area contributed by atoms with Crippen LogP contribution < -0.4 is 10.6 Å².